The molecule has 0 radical (unpaired) electrons. The highest BCUT2D eigenvalue weighted by molar-refractivity contribution is 5.64. The second-order valence-corrected chi connectivity index (χ2v) is 2.93. The van der Waals surface area contributed by atoms with Crippen molar-refractivity contribution in [3.63, 3.8) is 0 Å². The van der Waals surface area contributed by atoms with E-state index in [0.29, 0.717) is 6.54 Å². The van der Waals surface area contributed by atoms with Crippen molar-refractivity contribution in [2.75, 3.05) is 12.4 Å². The van der Waals surface area contributed by atoms with Gasteiger partial charge in [0.15, 0.2) is 5.75 Å². The van der Waals surface area contributed by atoms with E-state index in [0.717, 1.165) is 22.7 Å². The quantitative estimate of drug-likeness (QED) is 0.744. The van der Waals surface area contributed by atoms with Gasteiger partial charge in [0.1, 0.15) is 12.0 Å². The fourth-order valence-corrected chi connectivity index (χ4v) is 1.40. The van der Waals surface area contributed by atoms with Gasteiger partial charge in [0.05, 0.1) is 12.8 Å². The molecule has 0 saturated carbocycles. The molecule has 0 unspecified atom stereocenters. The number of anilines is 1. The van der Waals surface area contributed by atoms with Crippen molar-refractivity contribution in [1.82, 2.24) is 0 Å². The summed E-state index contributed by atoms with van der Waals surface area (Å²) >= 11 is 0. The van der Waals surface area contributed by atoms with Gasteiger partial charge < -0.3 is 20.5 Å². The van der Waals surface area contributed by atoms with E-state index in [-0.39, 0.29) is 0 Å². The van der Waals surface area contributed by atoms with E-state index in [9.17, 15) is 0 Å². The summed E-state index contributed by atoms with van der Waals surface area (Å²) in [6.07, 6.45) is 3.32. The number of nitrogens with two attached hydrogens (primary N) is 1. The third kappa shape index (κ3) is 1.40. The maximum Gasteiger partial charge on any atom is 0.153 e. The molecule has 1 aromatic carbocycles. The van der Waals surface area contributed by atoms with Gasteiger partial charge in [-0.2, -0.15) is 0 Å². The third-order valence-corrected chi connectivity index (χ3v) is 2.10. The van der Waals surface area contributed by atoms with Gasteiger partial charge in [0, 0.05) is 24.4 Å². The van der Waals surface area contributed by atoms with Gasteiger partial charge in [-0.15, -0.1) is 0 Å². The molecule has 2 rings (SSSR count). The molecule has 3 N–H and O–H groups in total. The first-order chi connectivity index (χ1) is 6.85. The minimum atomic E-state index is 0.446. The molecule has 0 fully saturated rings. The molecule has 0 amide bonds. The van der Waals surface area contributed by atoms with Gasteiger partial charge in [-0.25, -0.2) is 0 Å². The Morgan fingerprint density at radius 2 is 2.36 bits per heavy atom. The highest BCUT2D eigenvalue weighted by atomic mass is 16.5. The monoisotopic (exact) mass is 192 g/mol. The van der Waals surface area contributed by atoms with Crippen LogP contribution in [0.2, 0.25) is 0 Å². The van der Waals surface area contributed by atoms with E-state index >= 15 is 0 Å². The molecule has 1 aliphatic rings. The van der Waals surface area contributed by atoms with Crippen LogP contribution in [0.5, 0.6) is 11.5 Å². The van der Waals surface area contributed by atoms with Gasteiger partial charge in [0.25, 0.3) is 0 Å². The molecule has 4 heteroatoms. The van der Waals surface area contributed by atoms with Crippen LogP contribution in [0.25, 0.3) is 0 Å². The molecule has 1 heterocycles. The van der Waals surface area contributed by atoms with Crippen LogP contribution in [0.4, 0.5) is 5.69 Å². The Balaban J connectivity index is 2.46. The lowest BCUT2D eigenvalue weighted by molar-refractivity contribution is 0.403. The predicted octanol–water partition coefficient (Wildman–Crippen LogP) is 1.43. The maximum absolute atomic E-state index is 5.59. The molecule has 0 atom stereocenters. The van der Waals surface area contributed by atoms with E-state index in [1.165, 1.54) is 0 Å². The van der Waals surface area contributed by atoms with E-state index in [1.807, 2.05) is 12.1 Å². The number of fused-ring (bicyclic) bond motifs is 1. The van der Waals surface area contributed by atoms with Crippen molar-refractivity contribution in [1.29, 1.82) is 0 Å². The highest BCUT2D eigenvalue weighted by Gasteiger charge is 2.11. The standard InChI is InChI=1S/C10H12N2O2/c1-13-9-5-10-8(4-7(9)6-11)12-2-3-14-10/h2-5,12H,6,11H2,1H3. The Labute approximate surface area is 82.3 Å². The van der Waals surface area contributed by atoms with Crippen LogP contribution in [-0.2, 0) is 6.54 Å². The van der Waals surface area contributed by atoms with Gasteiger partial charge in [-0.05, 0) is 6.07 Å². The van der Waals surface area contributed by atoms with Crippen molar-refractivity contribution < 1.29 is 9.47 Å². The second-order valence-electron chi connectivity index (χ2n) is 2.93. The zero-order chi connectivity index (χ0) is 9.97. The summed E-state index contributed by atoms with van der Waals surface area (Å²) in [7, 11) is 1.62. The minimum absolute atomic E-state index is 0.446. The van der Waals surface area contributed by atoms with Crippen molar-refractivity contribution in [2.45, 2.75) is 6.54 Å². The van der Waals surface area contributed by atoms with E-state index in [1.54, 1.807) is 19.6 Å². The molecule has 1 aromatic rings. The Bertz CT molecular complexity index is 340. The predicted molar refractivity (Wildman–Crippen MR) is 54.3 cm³/mol. The number of hydrogen-bond donors (Lipinski definition) is 2. The lowest BCUT2D eigenvalue weighted by Gasteiger charge is -2.16. The van der Waals surface area contributed by atoms with E-state index < -0.39 is 0 Å². The first-order valence-corrected chi connectivity index (χ1v) is 4.34. The van der Waals surface area contributed by atoms with Crippen LogP contribution in [0.3, 0.4) is 0 Å². The van der Waals surface area contributed by atoms with Crippen LogP contribution in [0, 0.1) is 0 Å². The number of rotatable bonds is 2. The number of methoxy groups -OCH3 is 1. The molecule has 0 saturated heterocycles. The average molecular weight is 192 g/mol. The SMILES string of the molecule is COc1cc2c(cc1CN)NC=CO2. The van der Waals surface area contributed by atoms with Crippen LogP contribution in [-0.4, -0.2) is 7.11 Å². The van der Waals surface area contributed by atoms with E-state index in [2.05, 4.69) is 5.32 Å². The minimum Gasteiger partial charge on any atom is -0.496 e. The molecular formula is C10H12N2O2. The fraction of sp³-hybridized carbons (Fsp3) is 0.200. The maximum atomic E-state index is 5.59. The smallest absolute Gasteiger partial charge is 0.153 e. The summed E-state index contributed by atoms with van der Waals surface area (Å²) in [5.41, 5.74) is 7.46. The highest BCUT2D eigenvalue weighted by Crippen LogP contribution is 2.34. The molecule has 0 aromatic heterocycles. The summed E-state index contributed by atoms with van der Waals surface area (Å²) in [4.78, 5) is 0. The zero-order valence-corrected chi connectivity index (χ0v) is 7.91. The van der Waals surface area contributed by atoms with Crippen LogP contribution >= 0.6 is 0 Å². The van der Waals surface area contributed by atoms with Crippen molar-refractivity contribution >= 4 is 5.69 Å². The molecule has 74 valence electrons. The average Bonchev–Trinajstić information content (AvgIpc) is 2.27. The summed E-state index contributed by atoms with van der Waals surface area (Å²) in [5, 5.41) is 3.07. The number of hydrogen-bond acceptors (Lipinski definition) is 4. The van der Waals surface area contributed by atoms with Gasteiger partial charge in [-0.3, -0.25) is 0 Å². The van der Waals surface area contributed by atoms with E-state index in [4.69, 9.17) is 15.2 Å². The topological polar surface area (TPSA) is 56.5 Å². The number of nitrogens with one attached hydrogen (secondary N) is 1. The zero-order valence-electron chi connectivity index (χ0n) is 7.91. The summed E-state index contributed by atoms with van der Waals surface area (Å²) in [6, 6.07) is 3.76. The Kier molecular flexibility index (Phi) is 2.28. The fourth-order valence-electron chi connectivity index (χ4n) is 1.40. The first kappa shape index (κ1) is 8.90. The molecule has 1 aliphatic heterocycles. The third-order valence-electron chi connectivity index (χ3n) is 2.10. The largest absolute Gasteiger partial charge is 0.496 e. The first-order valence-electron chi connectivity index (χ1n) is 4.34. The summed E-state index contributed by atoms with van der Waals surface area (Å²) in [5.74, 6) is 1.50. The summed E-state index contributed by atoms with van der Waals surface area (Å²) < 4.78 is 10.5. The molecular weight excluding hydrogens is 180 g/mol. The van der Waals surface area contributed by atoms with Gasteiger partial charge >= 0.3 is 0 Å². The molecule has 4 nitrogen and oxygen atoms in total. The van der Waals surface area contributed by atoms with Crippen LogP contribution in [0.1, 0.15) is 5.56 Å². The number of ether oxygens (including phenoxy) is 2. The summed E-state index contributed by atoms with van der Waals surface area (Å²) in [6.45, 7) is 0.446. The normalized spacial score (nSPS) is 12.7. The molecule has 0 spiro atoms. The van der Waals surface area contributed by atoms with Crippen molar-refractivity contribution in [3.8, 4) is 11.5 Å². The second kappa shape index (κ2) is 3.59. The Hall–Kier alpha value is -1.68. The van der Waals surface area contributed by atoms with Crippen LogP contribution < -0.4 is 20.5 Å². The van der Waals surface area contributed by atoms with Gasteiger partial charge in [0.2, 0.25) is 0 Å². The lowest BCUT2D eigenvalue weighted by Crippen LogP contribution is -2.04. The Morgan fingerprint density at radius 1 is 1.50 bits per heavy atom. The lowest BCUT2D eigenvalue weighted by atomic mass is 10.1. The van der Waals surface area contributed by atoms with Crippen molar-refractivity contribution in [2.24, 2.45) is 5.73 Å². The molecule has 0 bridgehead atoms. The van der Waals surface area contributed by atoms with Gasteiger partial charge in [-0.1, -0.05) is 0 Å². The molecule has 0 aliphatic carbocycles. The Morgan fingerprint density at radius 3 is 3.07 bits per heavy atom. The molecule has 14 heavy (non-hydrogen) atoms. The number of benzene rings is 1. The van der Waals surface area contributed by atoms with Crippen LogP contribution in [0.15, 0.2) is 24.6 Å². The van der Waals surface area contributed by atoms with Crippen molar-refractivity contribution in [3.05, 3.63) is 30.2 Å².